The van der Waals surface area contributed by atoms with Crippen LogP contribution in [-0.4, -0.2) is 18.0 Å². The summed E-state index contributed by atoms with van der Waals surface area (Å²) in [5, 5.41) is 0. The fourth-order valence-corrected chi connectivity index (χ4v) is 2.05. The van der Waals surface area contributed by atoms with Crippen LogP contribution in [0.5, 0.6) is 0 Å². The number of hydrogen-bond donors (Lipinski definition) is 0. The SMILES string of the molecule is C#[S-]1CB(C)C1. The molecule has 0 aromatic carbocycles. The second kappa shape index (κ2) is 1.36. The van der Waals surface area contributed by atoms with Crippen LogP contribution >= 0.6 is 0 Å². The predicted molar refractivity (Wildman–Crippen MR) is 33.7 cm³/mol. The van der Waals surface area contributed by atoms with Gasteiger partial charge in [-0.05, 0) is 0 Å². The van der Waals surface area contributed by atoms with Crippen molar-refractivity contribution in [3.05, 3.63) is 0 Å². The van der Waals surface area contributed by atoms with Crippen molar-refractivity contribution in [1.29, 1.82) is 0 Å². The summed E-state index contributed by atoms with van der Waals surface area (Å²) >= 11 is 0. The van der Waals surface area contributed by atoms with E-state index in [2.05, 4.69) is 6.82 Å². The normalized spacial score (nSPS) is 23.7. The molecule has 0 amide bonds. The monoisotopic (exact) mass is 99.0 g/mol. The minimum atomic E-state index is 0.328. The fraction of sp³-hybridized carbons (Fsp3) is 0.750. The lowest BCUT2D eigenvalue weighted by atomic mass is 9.56. The standard InChI is InChI=1S/C4H8BS/c1-5-3-6(2)4-5/h2H,3-4H2,1H3/q-1. The highest BCUT2D eigenvalue weighted by Crippen LogP contribution is 2.00. The highest BCUT2D eigenvalue weighted by Gasteiger charge is 2.04. The maximum absolute atomic E-state index is 5.50. The average Bonchev–Trinajstić information content (AvgIpc) is 1.33. The van der Waals surface area contributed by atoms with E-state index in [1.807, 2.05) is 0 Å². The van der Waals surface area contributed by atoms with Crippen LogP contribution in [0.25, 0.3) is 0 Å². The Hall–Kier alpha value is 0.195. The molecule has 0 unspecified atom stereocenters. The van der Waals surface area contributed by atoms with Gasteiger partial charge in [0.15, 0.2) is 0 Å². The van der Waals surface area contributed by atoms with E-state index < -0.39 is 0 Å². The molecule has 6 heavy (non-hydrogen) atoms. The van der Waals surface area contributed by atoms with Gasteiger partial charge in [0.05, 0.1) is 6.71 Å². The quantitative estimate of drug-likeness (QED) is 0.305. The van der Waals surface area contributed by atoms with Crippen molar-refractivity contribution >= 4 is 17.0 Å². The molecule has 1 saturated heterocycles. The second-order valence-corrected chi connectivity index (χ2v) is 3.72. The molecule has 1 aliphatic heterocycles. The van der Waals surface area contributed by atoms with E-state index in [0.717, 1.165) is 6.71 Å². The van der Waals surface area contributed by atoms with Crippen LogP contribution < -0.4 is 0 Å². The summed E-state index contributed by atoms with van der Waals surface area (Å²) in [4.78, 5) is 0. The zero-order valence-corrected chi connectivity index (χ0v) is 4.79. The Kier molecular flexibility index (Phi) is 0.988. The lowest BCUT2D eigenvalue weighted by Crippen LogP contribution is -2.36. The van der Waals surface area contributed by atoms with E-state index in [-0.39, 0.29) is 0 Å². The number of rotatable bonds is 0. The van der Waals surface area contributed by atoms with Gasteiger partial charge < -0.3 is 16.0 Å². The molecule has 1 fully saturated rings. The maximum atomic E-state index is 5.50. The predicted octanol–water partition coefficient (Wildman–Crippen LogP) is 0.410. The van der Waals surface area contributed by atoms with E-state index >= 15 is 0 Å². The minimum Gasteiger partial charge on any atom is -0.471 e. The molecule has 1 rings (SSSR count). The van der Waals surface area contributed by atoms with Crippen molar-refractivity contribution < 1.29 is 0 Å². The Balaban J connectivity index is 2.34. The van der Waals surface area contributed by atoms with Gasteiger partial charge in [-0.1, -0.05) is 6.82 Å². The molecular weight excluding hydrogens is 90.9 g/mol. The van der Waals surface area contributed by atoms with Crippen LogP contribution in [0, 0.1) is 5.69 Å². The van der Waals surface area contributed by atoms with Crippen LogP contribution in [-0.2, 0) is 10.3 Å². The zero-order valence-electron chi connectivity index (χ0n) is 3.98. The van der Waals surface area contributed by atoms with Crippen LogP contribution in [0.3, 0.4) is 0 Å². The molecule has 0 nitrogen and oxygen atoms in total. The Labute approximate surface area is 41.6 Å². The second-order valence-electron chi connectivity index (χ2n) is 1.98. The number of hydrogen-bond acceptors (Lipinski definition) is 1. The molecule has 0 saturated carbocycles. The summed E-state index contributed by atoms with van der Waals surface area (Å²) in [7, 11) is 0.328. The van der Waals surface area contributed by atoms with E-state index in [4.69, 9.17) is 5.69 Å². The molecule has 0 radical (unpaired) electrons. The van der Waals surface area contributed by atoms with Crippen LogP contribution in [0.4, 0.5) is 0 Å². The van der Waals surface area contributed by atoms with Gasteiger partial charge >= 0.3 is 0 Å². The molecule has 0 aromatic heterocycles. The van der Waals surface area contributed by atoms with Gasteiger partial charge in [-0.25, -0.2) is 0 Å². The van der Waals surface area contributed by atoms with Crippen molar-refractivity contribution in [1.82, 2.24) is 0 Å². The topological polar surface area (TPSA) is 0 Å². The third-order valence-electron chi connectivity index (χ3n) is 0.997. The molecule has 0 atom stereocenters. The van der Waals surface area contributed by atoms with Crippen molar-refractivity contribution in [2.45, 2.75) is 6.82 Å². The Morgan fingerprint density at radius 1 is 1.67 bits per heavy atom. The first-order chi connectivity index (χ1) is 2.79. The summed E-state index contributed by atoms with van der Waals surface area (Å²) in [5.74, 6) is 0. The molecule has 1 aliphatic rings. The Morgan fingerprint density at radius 2 is 2.17 bits per heavy atom. The van der Waals surface area contributed by atoms with Gasteiger partial charge in [-0.3, -0.25) is 0 Å². The van der Waals surface area contributed by atoms with E-state index in [1.54, 1.807) is 0 Å². The summed E-state index contributed by atoms with van der Waals surface area (Å²) < 4.78 is 0. The molecule has 0 spiro atoms. The van der Waals surface area contributed by atoms with Gasteiger partial charge in [-0.15, -0.1) is 0 Å². The van der Waals surface area contributed by atoms with Crippen molar-refractivity contribution in [2.24, 2.45) is 0 Å². The van der Waals surface area contributed by atoms with Crippen molar-refractivity contribution in [2.75, 3.05) is 11.3 Å². The highest BCUT2D eigenvalue weighted by molar-refractivity contribution is 7.93. The van der Waals surface area contributed by atoms with E-state index in [0.29, 0.717) is 10.3 Å². The van der Waals surface area contributed by atoms with Gasteiger partial charge in [-0.2, -0.15) is 11.3 Å². The Bertz CT molecular complexity index is 100. The van der Waals surface area contributed by atoms with Gasteiger partial charge in [0.2, 0.25) is 0 Å². The van der Waals surface area contributed by atoms with Gasteiger partial charge in [0, 0.05) is 0 Å². The van der Waals surface area contributed by atoms with Crippen LogP contribution in [0.2, 0.25) is 6.82 Å². The maximum Gasteiger partial charge on any atom is 0.0941 e. The fourth-order valence-electron chi connectivity index (χ4n) is 0.682. The first kappa shape index (κ1) is 4.36. The Morgan fingerprint density at radius 3 is 2.17 bits per heavy atom. The third-order valence-corrected chi connectivity index (χ3v) is 2.99. The van der Waals surface area contributed by atoms with Gasteiger partial charge in [0.1, 0.15) is 0 Å². The summed E-state index contributed by atoms with van der Waals surface area (Å²) in [6, 6.07) is 0. The molecule has 0 aliphatic carbocycles. The van der Waals surface area contributed by atoms with E-state index in [9.17, 15) is 0 Å². The largest absolute Gasteiger partial charge is 0.471 e. The van der Waals surface area contributed by atoms with Gasteiger partial charge in [0.25, 0.3) is 0 Å². The summed E-state index contributed by atoms with van der Waals surface area (Å²) in [5.41, 5.74) is 8.05. The summed E-state index contributed by atoms with van der Waals surface area (Å²) in [6.07, 6.45) is 0. The molecular formula is C4H8BS-. The molecule has 1 heterocycles. The molecule has 0 aromatic rings. The van der Waals surface area contributed by atoms with Crippen molar-refractivity contribution in [3.8, 4) is 5.69 Å². The first-order valence-corrected chi connectivity index (χ1v) is 3.83. The highest BCUT2D eigenvalue weighted by atomic mass is 32.2. The first-order valence-electron chi connectivity index (χ1n) is 2.21. The van der Waals surface area contributed by atoms with Crippen LogP contribution in [0.1, 0.15) is 0 Å². The lowest BCUT2D eigenvalue weighted by molar-refractivity contribution is 1.72. The van der Waals surface area contributed by atoms with Crippen molar-refractivity contribution in [3.63, 3.8) is 0 Å². The molecule has 34 valence electrons. The average molecular weight is 99.0 g/mol. The van der Waals surface area contributed by atoms with E-state index in [1.165, 1.54) is 11.3 Å². The third kappa shape index (κ3) is 0.638. The lowest BCUT2D eigenvalue weighted by Gasteiger charge is -2.34. The minimum absolute atomic E-state index is 0.328. The summed E-state index contributed by atoms with van der Waals surface area (Å²) in [6.45, 7) is 3.18. The smallest absolute Gasteiger partial charge is 0.0941 e. The molecule has 0 bridgehead atoms. The van der Waals surface area contributed by atoms with Crippen LogP contribution in [0.15, 0.2) is 0 Å². The molecule has 2 heteroatoms. The molecule has 0 N–H and O–H groups in total. The zero-order chi connectivity index (χ0) is 4.57.